The first-order valence-corrected chi connectivity index (χ1v) is 6.01. The summed E-state index contributed by atoms with van der Waals surface area (Å²) in [5.41, 5.74) is 5.78. The molecule has 2 atom stereocenters. The van der Waals surface area contributed by atoms with Gasteiger partial charge in [-0.05, 0) is 50.5 Å². The van der Waals surface area contributed by atoms with Crippen LogP contribution in [0, 0.1) is 17.8 Å². The Hall–Kier alpha value is -0.0800. The highest BCUT2D eigenvalue weighted by molar-refractivity contribution is 4.78. The first-order chi connectivity index (χ1) is 6.63. The van der Waals surface area contributed by atoms with E-state index >= 15 is 0 Å². The topological polar surface area (TPSA) is 46.2 Å². The van der Waals surface area contributed by atoms with E-state index in [1.807, 2.05) is 6.92 Å². The molecule has 2 nitrogen and oxygen atoms in total. The Morgan fingerprint density at radius 3 is 2.29 bits per heavy atom. The molecule has 1 rings (SSSR count). The summed E-state index contributed by atoms with van der Waals surface area (Å²) in [5.74, 6) is 2.21. The van der Waals surface area contributed by atoms with Gasteiger partial charge in [-0.15, -0.1) is 0 Å². The summed E-state index contributed by atoms with van der Waals surface area (Å²) in [5, 5.41) is 9.38. The van der Waals surface area contributed by atoms with E-state index in [0.717, 1.165) is 24.8 Å². The minimum atomic E-state index is -0.192. The average Bonchev–Trinajstić information content (AvgIpc) is 2.15. The molecule has 14 heavy (non-hydrogen) atoms. The standard InChI is InChI=1S/C12H25NO/c1-9-3-5-11(6-4-9)12(8-13)7-10(2)14/h9-12,14H,3-8,13H2,1-2H3. The summed E-state index contributed by atoms with van der Waals surface area (Å²) in [4.78, 5) is 0. The van der Waals surface area contributed by atoms with Gasteiger partial charge in [0, 0.05) is 0 Å². The first-order valence-electron chi connectivity index (χ1n) is 6.01. The Morgan fingerprint density at radius 1 is 1.29 bits per heavy atom. The minimum Gasteiger partial charge on any atom is -0.393 e. The highest BCUT2D eigenvalue weighted by atomic mass is 16.3. The molecule has 0 heterocycles. The molecule has 0 spiro atoms. The molecular weight excluding hydrogens is 174 g/mol. The molecule has 0 aromatic heterocycles. The highest BCUT2D eigenvalue weighted by Gasteiger charge is 2.25. The van der Waals surface area contributed by atoms with Crippen molar-refractivity contribution < 1.29 is 5.11 Å². The van der Waals surface area contributed by atoms with Gasteiger partial charge >= 0.3 is 0 Å². The average molecular weight is 199 g/mol. The molecule has 0 bridgehead atoms. The van der Waals surface area contributed by atoms with Gasteiger partial charge in [-0.1, -0.05) is 19.8 Å². The third-order valence-electron chi connectivity index (χ3n) is 3.67. The molecule has 0 aromatic carbocycles. The van der Waals surface area contributed by atoms with E-state index in [1.165, 1.54) is 25.7 Å². The number of nitrogens with two attached hydrogens (primary N) is 1. The zero-order chi connectivity index (χ0) is 10.6. The van der Waals surface area contributed by atoms with Gasteiger partial charge in [0.1, 0.15) is 0 Å². The van der Waals surface area contributed by atoms with Crippen molar-refractivity contribution in [3.8, 4) is 0 Å². The highest BCUT2D eigenvalue weighted by Crippen LogP contribution is 2.34. The summed E-state index contributed by atoms with van der Waals surface area (Å²) in [6.45, 7) is 4.94. The maximum Gasteiger partial charge on any atom is 0.0515 e. The van der Waals surface area contributed by atoms with Gasteiger partial charge in [0.05, 0.1) is 6.10 Å². The quantitative estimate of drug-likeness (QED) is 0.729. The monoisotopic (exact) mass is 199 g/mol. The lowest BCUT2D eigenvalue weighted by Gasteiger charge is -2.32. The SMILES string of the molecule is CC(O)CC(CN)C1CCC(C)CC1. The van der Waals surface area contributed by atoms with Crippen LogP contribution in [0.5, 0.6) is 0 Å². The largest absolute Gasteiger partial charge is 0.393 e. The van der Waals surface area contributed by atoms with Gasteiger partial charge in [0.15, 0.2) is 0 Å². The number of rotatable bonds is 4. The molecule has 0 aromatic rings. The van der Waals surface area contributed by atoms with Gasteiger partial charge in [0.2, 0.25) is 0 Å². The maximum atomic E-state index is 9.38. The van der Waals surface area contributed by atoms with Crippen molar-refractivity contribution >= 4 is 0 Å². The zero-order valence-electron chi connectivity index (χ0n) is 9.58. The van der Waals surface area contributed by atoms with Gasteiger partial charge in [-0.2, -0.15) is 0 Å². The fourth-order valence-electron chi connectivity index (χ4n) is 2.68. The van der Waals surface area contributed by atoms with Gasteiger partial charge in [0.25, 0.3) is 0 Å². The predicted octanol–water partition coefficient (Wildman–Crippen LogP) is 2.16. The summed E-state index contributed by atoms with van der Waals surface area (Å²) in [6.07, 6.45) is 6.02. The lowest BCUT2D eigenvalue weighted by Crippen LogP contribution is -2.29. The molecular formula is C12H25NO. The number of aliphatic hydroxyl groups excluding tert-OH is 1. The van der Waals surface area contributed by atoms with Crippen molar-refractivity contribution in [2.45, 2.75) is 52.1 Å². The summed E-state index contributed by atoms with van der Waals surface area (Å²) < 4.78 is 0. The van der Waals surface area contributed by atoms with Gasteiger partial charge in [-0.25, -0.2) is 0 Å². The van der Waals surface area contributed by atoms with E-state index in [-0.39, 0.29) is 6.10 Å². The number of aliphatic hydroxyl groups is 1. The molecule has 1 saturated carbocycles. The summed E-state index contributed by atoms with van der Waals surface area (Å²) in [7, 11) is 0. The first kappa shape index (κ1) is 12.0. The second-order valence-corrected chi connectivity index (χ2v) is 5.10. The van der Waals surface area contributed by atoms with Crippen LogP contribution in [0.3, 0.4) is 0 Å². The molecule has 1 aliphatic rings. The van der Waals surface area contributed by atoms with Crippen molar-refractivity contribution in [2.75, 3.05) is 6.54 Å². The van der Waals surface area contributed by atoms with Crippen LogP contribution < -0.4 is 5.73 Å². The van der Waals surface area contributed by atoms with Crippen molar-refractivity contribution in [2.24, 2.45) is 23.5 Å². The predicted molar refractivity (Wildman–Crippen MR) is 60.0 cm³/mol. The van der Waals surface area contributed by atoms with E-state index in [2.05, 4.69) is 6.92 Å². The zero-order valence-corrected chi connectivity index (χ0v) is 9.58. The fraction of sp³-hybridized carbons (Fsp3) is 1.00. The molecule has 84 valence electrons. The van der Waals surface area contributed by atoms with Crippen molar-refractivity contribution in [1.82, 2.24) is 0 Å². The van der Waals surface area contributed by atoms with E-state index < -0.39 is 0 Å². The molecule has 1 fully saturated rings. The smallest absolute Gasteiger partial charge is 0.0515 e. The van der Waals surface area contributed by atoms with Crippen LogP contribution in [0.2, 0.25) is 0 Å². The Balaban J connectivity index is 2.36. The molecule has 0 aliphatic heterocycles. The fourth-order valence-corrected chi connectivity index (χ4v) is 2.68. The van der Waals surface area contributed by atoms with Crippen LogP contribution in [-0.2, 0) is 0 Å². The molecule has 2 heteroatoms. The van der Waals surface area contributed by atoms with Crippen LogP contribution in [0.4, 0.5) is 0 Å². The third kappa shape index (κ3) is 3.58. The summed E-state index contributed by atoms with van der Waals surface area (Å²) in [6, 6.07) is 0. The molecule has 0 amide bonds. The third-order valence-corrected chi connectivity index (χ3v) is 3.67. The normalized spacial score (nSPS) is 32.6. The molecule has 0 radical (unpaired) electrons. The van der Waals surface area contributed by atoms with Crippen LogP contribution in [0.25, 0.3) is 0 Å². The minimum absolute atomic E-state index is 0.192. The number of hydrogen-bond donors (Lipinski definition) is 2. The lowest BCUT2D eigenvalue weighted by atomic mass is 9.75. The summed E-state index contributed by atoms with van der Waals surface area (Å²) >= 11 is 0. The Kier molecular flexibility index (Phi) is 4.90. The number of hydrogen-bond acceptors (Lipinski definition) is 2. The van der Waals surface area contributed by atoms with Crippen LogP contribution in [0.15, 0.2) is 0 Å². The van der Waals surface area contributed by atoms with E-state index in [4.69, 9.17) is 5.73 Å². The molecule has 1 aliphatic carbocycles. The van der Waals surface area contributed by atoms with Gasteiger partial charge < -0.3 is 10.8 Å². The molecule has 2 unspecified atom stereocenters. The Bertz CT molecular complexity index is 150. The van der Waals surface area contributed by atoms with E-state index in [1.54, 1.807) is 0 Å². The second kappa shape index (κ2) is 5.72. The van der Waals surface area contributed by atoms with Crippen molar-refractivity contribution in [1.29, 1.82) is 0 Å². The van der Waals surface area contributed by atoms with Crippen LogP contribution in [0.1, 0.15) is 46.0 Å². The van der Waals surface area contributed by atoms with Crippen LogP contribution >= 0.6 is 0 Å². The van der Waals surface area contributed by atoms with Gasteiger partial charge in [-0.3, -0.25) is 0 Å². The maximum absolute atomic E-state index is 9.38. The Morgan fingerprint density at radius 2 is 1.86 bits per heavy atom. The van der Waals surface area contributed by atoms with Crippen molar-refractivity contribution in [3.05, 3.63) is 0 Å². The van der Waals surface area contributed by atoms with E-state index in [9.17, 15) is 5.11 Å². The second-order valence-electron chi connectivity index (χ2n) is 5.10. The van der Waals surface area contributed by atoms with Crippen LogP contribution in [-0.4, -0.2) is 17.8 Å². The van der Waals surface area contributed by atoms with E-state index in [0.29, 0.717) is 5.92 Å². The molecule has 3 N–H and O–H groups in total. The van der Waals surface area contributed by atoms with Crippen molar-refractivity contribution in [3.63, 3.8) is 0 Å². The molecule has 0 saturated heterocycles. The Labute approximate surface area is 87.9 Å². The lowest BCUT2D eigenvalue weighted by molar-refractivity contribution is 0.122.